The van der Waals surface area contributed by atoms with Crippen molar-refractivity contribution in [3.63, 3.8) is 0 Å². The van der Waals surface area contributed by atoms with Crippen molar-refractivity contribution < 1.29 is 9.53 Å². The van der Waals surface area contributed by atoms with Crippen LogP contribution >= 0.6 is 34.3 Å². The standard InChI is InChI=1S/C23H16ClN3O2S2/c1-2-29-13-7-8-17-20(11-13)31-23(26-17)27-22(28)15-12-18(19-9-10-21(24)30-19)25-16-6-4-3-5-14(15)16/h3-12H,2H2,1H3,(H,26,27,28). The molecule has 0 spiro atoms. The Bertz CT molecular complexity index is 1430. The lowest BCUT2D eigenvalue weighted by atomic mass is 10.1. The fraction of sp³-hybridized carbons (Fsp3) is 0.0870. The molecular formula is C23H16ClN3O2S2. The largest absolute Gasteiger partial charge is 0.494 e. The number of hydrogen-bond acceptors (Lipinski definition) is 6. The number of anilines is 1. The Labute approximate surface area is 191 Å². The van der Waals surface area contributed by atoms with E-state index in [-0.39, 0.29) is 5.91 Å². The van der Waals surface area contributed by atoms with Crippen LogP contribution in [0.3, 0.4) is 0 Å². The van der Waals surface area contributed by atoms with Gasteiger partial charge in [-0.25, -0.2) is 9.97 Å². The van der Waals surface area contributed by atoms with Crippen LogP contribution in [0.15, 0.2) is 60.7 Å². The van der Waals surface area contributed by atoms with E-state index in [1.165, 1.54) is 22.7 Å². The molecular weight excluding hydrogens is 450 g/mol. The summed E-state index contributed by atoms with van der Waals surface area (Å²) in [5.74, 6) is 0.558. The second kappa shape index (κ2) is 8.26. The second-order valence-corrected chi connectivity index (χ2v) is 9.46. The number of nitrogens with one attached hydrogen (secondary N) is 1. The number of fused-ring (bicyclic) bond motifs is 2. The third kappa shape index (κ3) is 3.99. The molecule has 31 heavy (non-hydrogen) atoms. The maximum absolute atomic E-state index is 13.2. The van der Waals surface area contributed by atoms with Crippen LogP contribution in [0.25, 0.3) is 31.7 Å². The van der Waals surface area contributed by atoms with E-state index in [1.54, 1.807) is 6.07 Å². The highest BCUT2D eigenvalue weighted by molar-refractivity contribution is 7.22. The maximum atomic E-state index is 13.2. The van der Waals surface area contributed by atoms with Gasteiger partial charge in [-0.1, -0.05) is 41.1 Å². The molecule has 3 heterocycles. The molecule has 0 atom stereocenters. The Morgan fingerprint density at radius 1 is 1.03 bits per heavy atom. The molecule has 0 aliphatic heterocycles. The number of para-hydroxylation sites is 1. The van der Waals surface area contributed by atoms with E-state index in [1.807, 2.05) is 61.5 Å². The summed E-state index contributed by atoms with van der Waals surface area (Å²) in [7, 11) is 0. The zero-order valence-electron chi connectivity index (χ0n) is 16.4. The number of aromatic nitrogens is 2. The molecule has 8 heteroatoms. The van der Waals surface area contributed by atoms with Gasteiger partial charge in [-0.05, 0) is 49.4 Å². The van der Waals surface area contributed by atoms with Gasteiger partial charge in [0.25, 0.3) is 5.91 Å². The molecule has 1 N–H and O–H groups in total. The van der Waals surface area contributed by atoms with Gasteiger partial charge in [-0.2, -0.15) is 0 Å². The molecule has 0 unspecified atom stereocenters. The van der Waals surface area contributed by atoms with E-state index in [9.17, 15) is 4.79 Å². The molecule has 3 aromatic heterocycles. The van der Waals surface area contributed by atoms with Gasteiger partial charge < -0.3 is 4.74 Å². The normalized spacial score (nSPS) is 11.2. The summed E-state index contributed by atoms with van der Waals surface area (Å²) in [6.07, 6.45) is 0. The number of hydrogen-bond donors (Lipinski definition) is 1. The Morgan fingerprint density at radius 2 is 1.90 bits per heavy atom. The minimum atomic E-state index is -0.230. The SMILES string of the molecule is CCOc1ccc2nc(NC(=O)c3cc(-c4ccc(Cl)s4)nc4ccccc34)sc2c1. The maximum Gasteiger partial charge on any atom is 0.258 e. The van der Waals surface area contributed by atoms with Crippen LogP contribution in [0, 0.1) is 0 Å². The Hall–Kier alpha value is -3.00. The first-order valence-electron chi connectivity index (χ1n) is 9.61. The number of carbonyl (C=O) groups excluding carboxylic acids is 1. The smallest absolute Gasteiger partial charge is 0.258 e. The van der Waals surface area contributed by atoms with Crippen molar-refractivity contribution in [1.82, 2.24) is 9.97 Å². The molecule has 5 rings (SSSR count). The average Bonchev–Trinajstić information content (AvgIpc) is 3.38. The molecule has 0 aliphatic rings. The van der Waals surface area contributed by atoms with E-state index >= 15 is 0 Å². The van der Waals surface area contributed by atoms with Gasteiger partial charge in [-0.15, -0.1) is 11.3 Å². The van der Waals surface area contributed by atoms with Crippen molar-refractivity contribution in [3.8, 4) is 16.3 Å². The summed E-state index contributed by atoms with van der Waals surface area (Å²) in [6, 6.07) is 18.9. The zero-order valence-corrected chi connectivity index (χ0v) is 18.8. The molecule has 154 valence electrons. The summed E-state index contributed by atoms with van der Waals surface area (Å²) in [5.41, 5.74) is 2.82. The van der Waals surface area contributed by atoms with Crippen molar-refractivity contribution >= 4 is 66.4 Å². The number of thiophene rings is 1. The third-order valence-corrected chi connectivity index (χ3v) is 6.87. The first-order valence-corrected chi connectivity index (χ1v) is 11.6. The van der Waals surface area contributed by atoms with E-state index < -0.39 is 0 Å². The number of rotatable bonds is 5. The van der Waals surface area contributed by atoms with Gasteiger partial charge in [0.1, 0.15) is 5.75 Å². The minimum Gasteiger partial charge on any atom is -0.494 e. The van der Waals surface area contributed by atoms with Gasteiger partial charge in [0.2, 0.25) is 0 Å². The molecule has 1 amide bonds. The zero-order chi connectivity index (χ0) is 21.4. The third-order valence-electron chi connectivity index (χ3n) is 4.68. The quantitative estimate of drug-likeness (QED) is 0.307. The molecule has 0 fully saturated rings. The predicted octanol–water partition coefficient (Wildman–Crippen LogP) is 6.88. The van der Waals surface area contributed by atoms with Crippen molar-refractivity contribution in [2.24, 2.45) is 0 Å². The molecule has 0 saturated heterocycles. The van der Waals surface area contributed by atoms with Gasteiger partial charge in [0.05, 0.1) is 42.8 Å². The molecule has 0 saturated carbocycles. The van der Waals surface area contributed by atoms with Crippen LogP contribution in [0.5, 0.6) is 5.75 Å². The van der Waals surface area contributed by atoms with Gasteiger partial charge in [0.15, 0.2) is 5.13 Å². The topological polar surface area (TPSA) is 64.1 Å². The lowest BCUT2D eigenvalue weighted by Crippen LogP contribution is -2.12. The van der Waals surface area contributed by atoms with Gasteiger partial charge >= 0.3 is 0 Å². The highest BCUT2D eigenvalue weighted by Crippen LogP contribution is 2.33. The molecule has 2 aromatic carbocycles. The summed E-state index contributed by atoms with van der Waals surface area (Å²) < 4.78 is 7.19. The number of ether oxygens (including phenoxy) is 1. The van der Waals surface area contributed by atoms with Crippen molar-refractivity contribution in [2.75, 3.05) is 11.9 Å². The van der Waals surface area contributed by atoms with E-state index in [2.05, 4.69) is 10.3 Å². The van der Waals surface area contributed by atoms with E-state index in [0.717, 1.165) is 31.7 Å². The van der Waals surface area contributed by atoms with E-state index in [0.29, 0.717) is 27.3 Å². The number of pyridine rings is 1. The summed E-state index contributed by atoms with van der Waals surface area (Å²) in [5, 5.41) is 4.27. The molecule has 0 radical (unpaired) electrons. The predicted molar refractivity (Wildman–Crippen MR) is 129 cm³/mol. The summed E-state index contributed by atoms with van der Waals surface area (Å²) in [4.78, 5) is 23.4. The van der Waals surface area contributed by atoms with Crippen LogP contribution in [0.4, 0.5) is 5.13 Å². The van der Waals surface area contributed by atoms with Crippen LogP contribution < -0.4 is 10.1 Å². The number of thiazole rings is 1. The first-order chi connectivity index (χ1) is 15.1. The monoisotopic (exact) mass is 465 g/mol. The van der Waals surface area contributed by atoms with Crippen LogP contribution in [-0.4, -0.2) is 22.5 Å². The highest BCUT2D eigenvalue weighted by atomic mass is 35.5. The Balaban J connectivity index is 1.52. The lowest BCUT2D eigenvalue weighted by molar-refractivity contribution is 0.102. The fourth-order valence-electron chi connectivity index (χ4n) is 3.32. The van der Waals surface area contributed by atoms with Crippen LogP contribution in [0.1, 0.15) is 17.3 Å². The average molecular weight is 466 g/mol. The summed E-state index contributed by atoms with van der Waals surface area (Å²) in [6.45, 7) is 2.54. The van der Waals surface area contributed by atoms with Crippen molar-refractivity contribution in [3.05, 3.63) is 70.6 Å². The van der Waals surface area contributed by atoms with Crippen LogP contribution in [-0.2, 0) is 0 Å². The molecule has 5 nitrogen and oxygen atoms in total. The number of halogens is 1. The lowest BCUT2D eigenvalue weighted by Gasteiger charge is -2.08. The Morgan fingerprint density at radius 3 is 2.71 bits per heavy atom. The highest BCUT2D eigenvalue weighted by Gasteiger charge is 2.17. The van der Waals surface area contributed by atoms with Crippen LogP contribution in [0.2, 0.25) is 4.34 Å². The van der Waals surface area contributed by atoms with Crippen molar-refractivity contribution in [1.29, 1.82) is 0 Å². The van der Waals surface area contributed by atoms with E-state index in [4.69, 9.17) is 21.3 Å². The van der Waals surface area contributed by atoms with Crippen molar-refractivity contribution in [2.45, 2.75) is 6.92 Å². The number of amides is 1. The van der Waals surface area contributed by atoms with Gasteiger partial charge in [0, 0.05) is 5.39 Å². The number of nitrogens with zero attached hydrogens (tertiary/aromatic N) is 2. The summed E-state index contributed by atoms with van der Waals surface area (Å²) >= 11 is 8.95. The minimum absolute atomic E-state index is 0.230. The second-order valence-electron chi connectivity index (χ2n) is 6.71. The van der Waals surface area contributed by atoms with Gasteiger partial charge in [-0.3, -0.25) is 10.1 Å². The Kier molecular flexibility index (Phi) is 5.31. The molecule has 5 aromatic rings. The first kappa shape index (κ1) is 19.9. The molecule has 0 bridgehead atoms. The number of carbonyl (C=O) groups is 1. The number of benzene rings is 2. The fourth-order valence-corrected chi connectivity index (χ4v) is 5.21. The molecule has 0 aliphatic carbocycles.